The number of rotatable bonds is 5. The summed E-state index contributed by atoms with van der Waals surface area (Å²) in [7, 11) is 1.61. The Hall–Kier alpha value is -1.59. The number of ether oxygens (including phenoxy) is 1. The molecule has 0 saturated carbocycles. The molecule has 1 aromatic carbocycles. The van der Waals surface area contributed by atoms with E-state index in [1.807, 2.05) is 19.9 Å². The predicted molar refractivity (Wildman–Crippen MR) is 67.8 cm³/mol. The number of amides is 1. The maximum Gasteiger partial charge on any atom is 0.251 e. The zero-order valence-electron chi connectivity index (χ0n) is 10.4. The molecule has 17 heavy (non-hydrogen) atoms. The van der Waals surface area contributed by atoms with Gasteiger partial charge in [-0.05, 0) is 37.6 Å². The number of methoxy groups -OCH3 is 1. The van der Waals surface area contributed by atoms with Crippen LogP contribution < -0.4 is 16.6 Å². The van der Waals surface area contributed by atoms with Crippen molar-refractivity contribution in [1.82, 2.24) is 5.32 Å². The van der Waals surface area contributed by atoms with Crippen molar-refractivity contribution in [2.45, 2.75) is 20.0 Å². The second kappa shape index (κ2) is 6.22. The average Bonchev–Trinajstić information content (AvgIpc) is 2.35. The second-order valence-corrected chi connectivity index (χ2v) is 3.93. The lowest BCUT2D eigenvalue weighted by molar-refractivity contribution is 0.0870. The number of nitrogen functional groups attached to an aromatic ring is 1. The van der Waals surface area contributed by atoms with Gasteiger partial charge in [0.05, 0.1) is 6.10 Å². The molecule has 0 heterocycles. The number of nitrogens with one attached hydrogen (secondary N) is 2. The zero-order valence-corrected chi connectivity index (χ0v) is 10.4. The molecule has 0 radical (unpaired) electrons. The molecule has 1 atom stereocenters. The number of hydrazine groups is 1. The minimum atomic E-state index is -0.102. The summed E-state index contributed by atoms with van der Waals surface area (Å²) in [5.74, 6) is 5.19. The van der Waals surface area contributed by atoms with Crippen LogP contribution in [0, 0.1) is 6.92 Å². The van der Waals surface area contributed by atoms with Crippen molar-refractivity contribution in [2.75, 3.05) is 19.1 Å². The van der Waals surface area contributed by atoms with Crippen LogP contribution in [-0.4, -0.2) is 25.7 Å². The number of anilines is 1. The molecule has 0 aliphatic rings. The van der Waals surface area contributed by atoms with E-state index >= 15 is 0 Å². The van der Waals surface area contributed by atoms with Crippen LogP contribution in [0.25, 0.3) is 0 Å². The lowest BCUT2D eigenvalue weighted by Gasteiger charge is -2.12. The Labute approximate surface area is 101 Å². The normalized spacial score (nSPS) is 12.0. The van der Waals surface area contributed by atoms with Crippen LogP contribution in [0.15, 0.2) is 18.2 Å². The molecule has 0 saturated heterocycles. The van der Waals surface area contributed by atoms with Crippen LogP contribution in [0.1, 0.15) is 22.8 Å². The summed E-state index contributed by atoms with van der Waals surface area (Å²) >= 11 is 0. The lowest BCUT2D eigenvalue weighted by atomic mass is 10.1. The molecule has 0 fully saturated rings. The highest BCUT2D eigenvalue weighted by atomic mass is 16.5. The van der Waals surface area contributed by atoms with Crippen molar-refractivity contribution in [3.8, 4) is 0 Å². The van der Waals surface area contributed by atoms with Gasteiger partial charge in [-0.15, -0.1) is 0 Å². The summed E-state index contributed by atoms with van der Waals surface area (Å²) in [6.45, 7) is 4.26. The molecule has 4 N–H and O–H groups in total. The van der Waals surface area contributed by atoms with Gasteiger partial charge in [0.15, 0.2) is 0 Å². The van der Waals surface area contributed by atoms with Gasteiger partial charge >= 0.3 is 0 Å². The summed E-state index contributed by atoms with van der Waals surface area (Å²) in [6, 6.07) is 5.34. The molecule has 0 aliphatic heterocycles. The van der Waals surface area contributed by atoms with Crippen LogP contribution in [0.3, 0.4) is 0 Å². The van der Waals surface area contributed by atoms with Crippen molar-refractivity contribution in [1.29, 1.82) is 0 Å². The summed E-state index contributed by atoms with van der Waals surface area (Å²) < 4.78 is 5.06. The topological polar surface area (TPSA) is 76.4 Å². The monoisotopic (exact) mass is 237 g/mol. The molecule has 1 rings (SSSR count). The average molecular weight is 237 g/mol. The summed E-state index contributed by atoms with van der Waals surface area (Å²) in [5.41, 5.74) is 4.85. The van der Waals surface area contributed by atoms with Crippen molar-refractivity contribution < 1.29 is 9.53 Å². The lowest BCUT2D eigenvalue weighted by Crippen LogP contribution is -2.32. The standard InChI is InChI=1S/C12H19N3O2/c1-8-6-10(15-13)4-5-11(8)12(16)14-7-9(2)17-3/h4-6,9,15H,7,13H2,1-3H3,(H,14,16). The fourth-order valence-electron chi connectivity index (χ4n) is 1.42. The smallest absolute Gasteiger partial charge is 0.251 e. The molecular weight excluding hydrogens is 218 g/mol. The number of carbonyl (C=O) groups is 1. The van der Waals surface area contributed by atoms with E-state index in [1.165, 1.54) is 0 Å². The number of carbonyl (C=O) groups excluding carboxylic acids is 1. The first kappa shape index (κ1) is 13.5. The Morgan fingerprint density at radius 2 is 2.24 bits per heavy atom. The van der Waals surface area contributed by atoms with Crippen molar-refractivity contribution in [2.24, 2.45) is 5.84 Å². The minimum absolute atomic E-state index is 0.00392. The van der Waals surface area contributed by atoms with E-state index in [1.54, 1.807) is 19.2 Å². The van der Waals surface area contributed by atoms with Crippen LogP contribution in [-0.2, 0) is 4.74 Å². The molecule has 0 bridgehead atoms. The predicted octanol–water partition coefficient (Wildman–Crippen LogP) is 1.05. The third-order valence-electron chi connectivity index (χ3n) is 2.59. The molecule has 5 heteroatoms. The number of nitrogens with two attached hydrogens (primary N) is 1. The minimum Gasteiger partial charge on any atom is -0.380 e. The van der Waals surface area contributed by atoms with Crippen LogP contribution in [0.2, 0.25) is 0 Å². The first-order valence-electron chi connectivity index (χ1n) is 5.46. The van der Waals surface area contributed by atoms with Gasteiger partial charge in [0.25, 0.3) is 5.91 Å². The highest BCUT2D eigenvalue weighted by Crippen LogP contribution is 2.14. The van der Waals surface area contributed by atoms with Gasteiger partial charge < -0.3 is 15.5 Å². The first-order chi connectivity index (χ1) is 8.08. The molecule has 0 spiro atoms. The molecular formula is C12H19N3O2. The highest BCUT2D eigenvalue weighted by molar-refractivity contribution is 5.96. The van der Waals surface area contributed by atoms with Gasteiger partial charge in [0, 0.05) is 24.9 Å². The van der Waals surface area contributed by atoms with Crippen LogP contribution in [0.5, 0.6) is 0 Å². The van der Waals surface area contributed by atoms with E-state index in [2.05, 4.69) is 10.7 Å². The summed E-state index contributed by atoms with van der Waals surface area (Å²) in [5, 5.41) is 2.81. The molecule has 1 aromatic rings. The fourth-order valence-corrected chi connectivity index (χ4v) is 1.42. The van der Waals surface area contributed by atoms with Crippen LogP contribution in [0.4, 0.5) is 5.69 Å². The number of hydrogen-bond acceptors (Lipinski definition) is 4. The third-order valence-corrected chi connectivity index (χ3v) is 2.59. The molecule has 1 amide bonds. The molecule has 5 nitrogen and oxygen atoms in total. The van der Waals surface area contributed by atoms with Gasteiger partial charge in [-0.1, -0.05) is 0 Å². The van der Waals surface area contributed by atoms with E-state index in [0.29, 0.717) is 12.1 Å². The van der Waals surface area contributed by atoms with Crippen molar-refractivity contribution >= 4 is 11.6 Å². The molecule has 0 aliphatic carbocycles. The van der Waals surface area contributed by atoms with E-state index < -0.39 is 0 Å². The third kappa shape index (κ3) is 3.72. The Morgan fingerprint density at radius 1 is 1.53 bits per heavy atom. The van der Waals surface area contributed by atoms with E-state index in [9.17, 15) is 4.79 Å². The quantitative estimate of drug-likeness (QED) is 0.528. The second-order valence-electron chi connectivity index (χ2n) is 3.93. The SMILES string of the molecule is COC(C)CNC(=O)c1ccc(NN)cc1C. The van der Waals surface area contributed by atoms with E-state index in [4.69, 9.17) is 10.6 Å². The van der Waals surface area contributed by atoms with E-state index in [0.717, 1.165) is 11.3 Å². The fraction of sp³-hybridized carbons (Fsp3) is 0.417. The van der Waals surface area contributed by atoms with Gasteiger partial charge in [0.2, 0.25) is 0 Å². The Kier molecular flexibility index (Phi) is 4.93. The largest absolute Gasteiger partial charge is 0.380 e. The van der Waals surface area contributed by atoms with Crippen molar-refractivity contribution in [3.63, 3.8) is 0 Å². The zero-order chi connectivity index (χ0) is 12.8. The number of aryl methyl sites for hydroxylation is 1. The van der Waals surface area contributed by atoms with E-state index in [-0.39, 0.29) is 12.0 Å². The molecule has 94 valence electrons. The Bertz CT molecular complexity index is 393. The Morgan fingerprint density at radius 3 is 2.76 bits per heavy atom. The summed E-state index contributed by atoms with van der Waals surface area (Å²) in [6.07, 6.45) is 0.00392. The number of benzene rings is 1. The molecule has 1 unspecified atom stereocenters. The maximum atomic E-state index is 11.9. The van der Waals surface area contributed by atoms with Gasteiger partial charge in [-0.25, -0.2) is 0 Å². The molecule has 0 aromatic heterocycles. The Balaban J connectivity index is 2.69. The van der Waals surface area contributed by atoms with Gasteiger partial charge in [-0.2, -0.15) is 0 Å². The summed E-state index contributed by atoms with van der Waals surface area (Å²) in [4.78, 5) is 11.9. The van der Waals surface area contributed by atoms with Gasteiger partial charge in [0.1, 0.15) is 0 Å². The number of hydrogen-bond donors (Lipinski definition) is 3. The van der Waals surface area contributed by atoms with Crippen molar-refractivity contribution in [3.05, 3.63) is 29.3 Å². The van der Waals surface area contributed by atoms with Crippen LogP contribution >= 0.6 is 0 Å². The first-order valence-corrected chi connectivity index (χ1v) is 5.46. The van der Waals surface area contributed by atoms with Gasteiger partial charge in [-0.3, -0.25) is 10.6 Å². The maximum absolute atomic E-state index is 11.9. The highest BCUT2D eigenvalue weighted by Gasteiger charge is 2.10.